The van der Waals surface area contributed by atoms with Crippen molar-refractivity contribution < 1.29 is 31.5 Å². The maximum absolute atomic E-state index is 10.6. The van der Waals surface area contributed by atoms with E-state index in [0.29, 0.717) is 0 Å². The molecular weight excluding hydrogens is 265 g/mol. The Morgan fingerprint density at radius 2 is 1.65 bits per heavy atom. The van der Waals surface area contributed by atoms with Crippen LogP contribution in [-0.2, 0) is 14.8 Å². The summed E-state index contributed by atoms with van der Waals surface area (Å²) in [6.45, 7) is 0. The molecule has 0 fully saturated rings. The highest BCUT2D eigenvalue weighted by molar-refractivity contribution is 7.89. The van der Waals surface area contributed by atoms with Gasteiger partial charge in [0.25, 0.3) is 0 Å². The van der Waals surface area contributed by atoms with Crippen LogP contribution >= 0.6 is 0 Å². The molecule has 1 rings (SSSR count). The Bertz CT molecular complexity index is 472. The fourth-order valence-electron chi connectivity index (χ4n) is 0.528. The van der Waals surface area contributed by atoms with Gasteiger partial charge in [-0.2, -0.15) is 13.2 Å². The Hall–Kier alpha value is -1.68. The van der Waals surface area contributed by atoms with Gasteiger partial charge in [-0.25, -0.2) is 18.4 Å². The Labute approximate surface area is 93.9 Å². The Balaban J connectivity index is 0.000000325. The van der Waals surface area contributed by atoms with Gasteiger partial charge in [-0.15, -0.1) is 0 Å². The van der Waals surface area contributed by atoms with Crippen molar-refractivity contribution in [3.8, 4) is 0 Å². The molecule has 3 N–H and O–H groups in total. The molecule has 1 heterocycles. The predicted molar refractivity (Wildman–Crippen MR) is 49.3 cm³/mol. The van der Waals surface area contributed by atoms with Crippen molar-refractivity contribution in [3.05, 3.63) is 24.5 Å². The number of nitrogens with two attached hydrogens (primary N) is 1. The highest BCUT2D eigenvalue weighted by atomic mass is 32.2. The number of rotatable bonds is 1. The van der Waals surface area contributed by atoms with E-state index in [9.17, 15) is 21.6 Å². The number of aliphatic carboxylic acids is 1. The van der Waals surface area contributed by atoms with Gasteiger partial charge in [0.2, 0.25) is 10.0 Å². The van der Waals surface area contributed by atoms with Crippen LogP contribution in [0.3, 0.4) is 0 Å². The normalized spacial score (nSPS) is 11.3. The second-order valence-corrected chi connectivity index (χ2v) is 4.09. The zero-order chi connectivity index (χ0) is 13.7. The van der Waals surface area contributed by atoms with Crippen LogP contribution in [0.4, 0.5) is 13.2 Å². The number of primary sulfonamides is 1. The maximum Gasteiger partial charge on any atom is 0.490 e. The summed E-state index contributed by atoms with van der Waals surface area (Å²) in [5, 5.41) is 11.9. The standard InChI is InChI=1S/C5H6N2O2S.C2HF3O2/c6-10(8,9)5-1-3-7-4-2-5;3-2(4,5)1(6)7/h1-4H,(H2,6,8,9);(H,6,7). The minimum Gasteiger partial charge on any atom is -0.475 e. The predicted octanol–water partition coefficient (Wildman–Crippen LogP) is 0.362. The number of halogens is 3. The molecule has 1 aromatic heterocycles. The number of carboxylic acids is 1. The second-order valence-electron chi connectivity index (χ2n) is 2.53. The van der Waals surface area contributed by atoms with E-state index < -0.39 is 22.2 Å². The van der Waals surface area contributed by atoms with E-state index in [2.05, 4.69) is 4.98 Å². The number of carbonyl (C=O) groups is 1. The summed E-state index contributed by atoms with van der Waals surface area (Å²) >= 11 is 0. The molecule has 96 valence electrons. The molecule has 17 heavy (non-hydrogen) atoms. The lowest BCUT2D eigenvalue weighted by molar-refractivity contribution is -0.192. The quantitative estimate of drug-likeness (QED) is 0.767. The number of carboxylic acid groups (broad SMARTS) is 1. The molecule has 0 aromatic carbocycles. The van der Waals surface area contributed by atoms with Gasteiger partial charge in [0, 0.05) is 12.4 Å². The molecule has 0 spiro atoms. The first-order valence-corrected chi connectivity index (χ1v) is 5.32. The molecule has 0 saturated carbocycles. The molecule has 0 aliphatic heterocycles. The van der Waals surface area contributed by atoms with E-state index >= 15 is 0 Å². The number of hydrogen-bond donors (Lipinski definition) is 2. The van der Waals surface area contributed by atoms with Gasteiger partial charge >= 0.3 is 12.1 Å². The minimum atomic E-state index is -5.08. The zero-order valence-corrected chi connectivity index (χ0v) is 8.86. The monoisotopic (exact) mass is 272 g/mol. The van der Waals surface area contributed by atoms with Gasteiger partial charge in [-0.1, -0.05) is 0 Å². The summed E-state index contributed by atoms with van der Waals surface area (Å²) in [6.07, 6.45) is -2.33. The fraction of sp³-hybridized carbons (Fsp3) is 0.143. The highest BCUT2D eigenvalue weighted by Crippen LogP contribution is 2.13. The third-order valence-electron chi connectivity index (χ3n) is 1.22. The van der Waals surface area contributed by atoms with E-state index in [0.717, 1.165) is 0 Å². The zero-order valence-electron chi connectivity index (χ0n) is 8.05. The smallest absolute Gasteiger partial charge is 0.475 e. The number of pyridine rings is 1. The summed E-state index contributed by atoms with van der Waals surface area (Å²) in [6, 6.07) is 2.69. The third-order valence-corrected chi connectivity index (χ3v) is 2.15. The van der Waals surface area contributed by atoms with Crippen LogP contribution in [-0.4, -0.2) is 30.7 Å². The Morgan fingerprint density at radius 3 is 1.82 bits per heavy atom. The molecule has 0 radical (unpaired) electrons. The lowest BCUT2D eigenvalue weighted by Gasteiger charge is -1.93. The number of nitrogens with zero attached hydrogens (tertiary/aromatic N) is 1. The third kappa shape index (κ3) is 6.48. The topological polar surface area (TPSA) is 110 Å². The van der Waals surface area contributed by atoms with Crippen molar-refractivity contribution in [2.45, 2.75) is 11.1 Å². The van der Waals surface area contributed by atoms with Crippen LogP contribution in [0.25, 0.3) is 0 Å². The van der Waals surface area contributed by atoms with Gasteiger partial charge in [0.15, 0.2) is 0 Å². The van der Waals surface area contributed by atoms with Crippen LogP contribution in [0, 0.1) is 0 Å². The van der Waals surface area contributed by atoms with Gasteiger partial charge in [0.1, 0.15) is 0 Å². The SMILES string of the molecule is NS(=O)(=O)c1ccncc1.O=C(O)C(F)(F)F. The summed E-state index contributed by atoms with van der Waals surface area (Å²) in [5.74, 6) is -2.76. The van der Waals surface area contributed by atoms with Crippen molar-refractivity contribution in [3.63, 3.8) is 0 Å². The van der Waals surface area contributed by atoms with Crippen LogP contribution < -0.4 is 5.14 Å². The maximum atomic E-state index is 10.6. The summed E-state index contributed by atoms with van der Waals surface area (Å²) in [4.78, 5) is 12.6. The van der Waals surface area contributed by atoms with E-state index in [1.807, 2.05) is 0 Å². The van der Waals surface area contributed by atoms with Crippen molar-refractivity contribution in [2.75, 3.05) is 0 Å². The average Bonchev–Trinajstić information content (AvgIpc) is 2.17. The number of sulfonamides is 1. The summed E-state index contributed by atoms with van der Waals surface area (Å²) < 4.78 is 52.9. The number of alkyl halides is 3. The first-order valence-electron chi connectivity index (χ1n) is 3.78. The fourth-order valence-corrected chi connectivity index (χ4v) is 1.03. The molecular formula is C7H7F3N2O4S. The van der Waals surface area contributed by atoms with Crippen LogP contribution in [0.2, 0.25) is 0 Å². The first kappa shape index (κ1) is 15.3. The molecule has 0 saturated heterocycles. The molecule has 0 aliphatic carbocycles. The van der Waals surface area contributed by atoms with Crippen molar-refractivity contribution in [1.29, 1.82) is 0 Å². The molecule has 10 heteroatoms. The lowest BCUT2D eigenvalue weighted by atomic mass is 10.5. The molecule has 6 nitrogen and oxygen atoms in total. The molecule has 0 unspecified atom stereocenters. The Morgan fingerprint density at radius 1 is 1.29 bits per heavy atom. The van der Waals surface area contributed by atoms with Gasteiger partial charge in [-0.05, 0) is 12.1 Å². The lowest BCUT2D eigenvalue weighted by Crippen LogP contribution is -2.21. The molecule has 0 atom stereocenters. The van der Waals surface area contributed by atoms with Crippen LogP contribution in [0.15, 0.2) is 29.4 Å². The summed E-state index contributed by atoms with van der Waals surface area (Å²) in [7, 11) is -3.54. The van der Waals surface area contributed by atoms with E-state index in [4.69, 9.17) is 15.0 Å². The number of hydrogen-bond acceptors (Lipinski definition) is 4. The average molecular weight is 272 g/mol. The van der Waals surface area contributed by atoms with Crippen molar-refractivity contribution in [2.24, 2.45) is 5.14 Å². The van der Waals surface area contributed by atoms with Crippen molar-refractivity contribution >= 4 is 16.0 Å². The second kappa shape index (κ2) is 5.59. The molecule has 0 bridgehead atoms. The summed E-state index contributed by atoms with van der Waals surface area (Å²) in [5.41, 5.74) is 0. The van der Waals surface area contributed by atoms with Crippen LogP contribution in [0.1, 0.15) is 0 Å². The molecule has 1 aromatic rings. The number of aromatic nitrogens is 1. The van der Waals surface area contributed by atoms with Gasteiger partial charge in [0.05, 0.1) is 4.90 Å². The van der Waals surface area contributed by atoms with E-state index in [1.165, 1.54) is 24.5 Å². The largest absolute Gasteiger partial charge is 0.490 e. The van der Waals surface area contributed by atoms with Gasteiger partial charge in [-0.3, -0.25) is 4.98 Å². The van der Waals surface area contributed by atoms with Crippen molar-refractivity contribution in [1.82, 2.24) is 4.98 Å². The minimum absolute atomic E-state index is 0.0856. The van der Waals surface area contributed by atoms with E-state index in [-0.39, 0.29) is 4.90 Å². The Kier molecular flexibility index (Phi) is 5.04. The van der Waals surface area contributed by atoms with Crippen LogP contribution in [0.5, 0.6) is 0 Å². The first-order chi connectivity index (χ1) is 7.55. The van der Waals surface area contributed by atoms with Gasteiger partial charge < -0.3 is 5.11 Å². The van der Waals surface area contributed by atoms with E-state index in [1.54, 1.807) is 0 Å². The molecule has 0 aliphatic rings. The molecule has 0 amide bonds. The highest BCUT2D eigenvalue weighted by Gasteiger charge is 2.38.